The standard InChI is InChI=1S/C14H25N3S/c1-11(15-2)7-13-10-18-14(16-13)8-12-5-4-6-17(3)9-12/h10-12,15H,4-9H2,1-3H3. The molecule has 0 saturated carbocycles. The van der Waals surface area contributed by atoms with Crippen LogP contribution in [0.15, 0.2) is 5.38 Å². The van der Waals surface area contributed by atoms with Crippen molar-refractivity contribution in [2.45, 2.75) is 38.6 Å². The first-order chi connectivity index (χ1) is 8.67. The third-order valence-electron chi connectivity index (χ3n) is 3.79. The van der Waals surface area contributed by atoms with Gasteiger partial charge in [-0.15, -0.1) is 11.3 Å². The first kappa shape index (κ1) is 14.0. The molecule has 0 spiro atoms. The number of nitrogens with one attached hydrogen (secondary N) is 1. The summed E-state index contributed by atoms with van der Waals surface area (Å²) in [7, 11) is 4.24. The van der Waals surface area contributed by atoms with Crippen LogP contribution in [0.4, 0.5) is 0 Å². The van der Waals surface area contributed by atoms with E-state index in [0.29, 0.717) is 6.04 Å². The molecule has 0 radical (unpaired) electrons. The van der Waals surface area contributed by atoms with Crippen molar-refractivity contribution in [1.29, 1.82) is 0 Å². The van der Waals surface area contributed by atoms with Crippen LogP contribution < -0.4 is 5.32 Å². The van der Waals surface area contributed by atoms with Crippen LogP contribution in [-0.4, -0.2) is 43.1 Å². The summed E-state index contributed by atoms with van der Waals surface area (Å²) in [6.45, 7) is 4.70. The van der Waals surface area contributed by atoms with E-state index in [1.807, 2.05) is 18.4 Å². The van der Waals surface area contributed by atoms with Gasteiger partial charge in [0.05, 0.1) is 10.7 Å². The molecule has 0 amide bonds. The molecule has 0 aliphatic carbocycles. The van der Waals surface area contributed by atoms with Crippen LogP contribution >= 0.6 is 11.3 Å². The van der Waals surface area contributed by atoms with Crippen molar-refractivity contribution >= 4 is 11.3 Å². The third kappa shape index (κ3) is 4.04. The van der Waals surface area contributed by atoms with E-state index in [1.54, 1.807) is 0 Å². The summed E-state index contributed by atoms with van der Waals surface area (Å²) in [5, 5.41) is 6.83. The lowest BCUT2D eigenvalue weighted by molar-refractivity contribution is 0.209. The van der Waals surface area contributed by atoms with Gasteiger partial charge in [0.2, 0.25) is 0 Å². The van der Waals surface area contributed by atoms with E-state index in [0.717, 1.165) is 12.3 Å². The molecule has 0 bridgehead atoms. The average molecular weight is 267 g/mol. The van der Waals surface area contributed by atoms with Crippen LogP contribution in [0.25, 0.3) is 0 Å². The second-order valence-corrected chi connectivity index (χ2v) is 6.54. The number of piperidine rings is 1. The molecule has 1 aromatic rings. The van der Waals surface area contributed by atoms with Gasteiger partial charge in [0.1, 0.15) is 0 Å². The highest BCUT2D eigenvalue weighted by molar-refractivity contribution is 7.09. The summed E-state index contributed by atoms with van der Waals surface area (Å²) in [5.74, 6) is 0.810. The predicted molar refractivity (Wildman–Crippen MR) is 78.3 cm³/mol. The lowest BCUT2D eigenvalue weighted by Gasteiger charge is -2.29. The second-order valence-electron chi connectivity index (χ2n) is 5.60. The molecule has 1 aliphatic heterocycles. The highest BCUT2D eigenvalue weighted by Gasteiger charge is 2.18. The van der Waals surface area contributed by atoms with Crippen molar-refractivity contribution in [2.75, 3.05) is 27.2 Å². The van der Waals surface area contributed by atoms with Gasteiger partial charge in [-0.3, -0.25) is 0 Å². The number of nitrogens with zero attached hydrogens (tertiary/aromatic N) is 2. The largest absolute Gasteiger partial charge is 0.317 e. The number of likely N-dealkylation sites (N-methyl/N-ethyl adjacent to an activating group) is 1. The number of aromatic nitrogens is 1. The van der Waals surface area contributed by atoms with Crippen molar-refractivity contribution in [3.05, 3.63) is 16.1 Å². The molecule has 1 aromatic heterocycles. The number of hydrogen-bond acceptors (Lipinski definition) is 4. The smallest absolute Gasteiger partial charge is 0.0931 e. The minimum absolute atomic E-state index is 0.515. The van der Waals surface area contributed by atoms with Gasteiger partial charge < -0.3 is 10.2 Å². The molecular formula is C14H25N3S. The molecule has 102 valence electrons. The van der Waals surface area contributed by atoms with Gasteiger partial charge in [-0.2, -0.15) is 0 Å². The van der Waals surface area contributed by atoms with E-state index in [2.05, 4.69) is 29.6 Å². The van der Waals surface area contributed by atoms with E-state index in [-0.39, 0.29) is 0 Å². The molecule has 3 nitrogen and oxygen atoms in total. The summed E-state index contributed by atoms with van der Waals surface area (Å²) in [6, 6.07) is 0.515. The Balaban J connectivity index is 1.86. The fraction of sp³-hybridized carbons (Fsp3) is 0.786. The molecular weight excluding hydrogens is 242 g/mol. The molecule has 1 saturated heterocycles. The van der Waals surface area contributed by atoms with Crippen LogP contribution in [0.2, 0.25) is 0 Å². The Morgan fingerprint density at radius 3 is 3.17 bits per heavy atom. The molecule has 1 N–H and O–H groups in total. The Bertz CT molecular complexity index is 364. The number of rotatable bonds is 5. The molecule has 1 fully saturated rings. The Labute approximate surface area is 115 Å². The molecule has 18 heavy (non-hydrogen) atoms. The van der Waals surface area contributed by atoms with Crippen molar-refractivity contribution in [2.24, 2.45) is 5.92 Å². The van der Waals surface area contributed by atoms with E-state index in [4.69, 9.17) is 4.98 Å². The minimum atomic E-state index is 0.515. The topological polar surface area (TPSA) is 28.2 Å². The van der Waals surface area contributed by atoms with Gasteiger partial charge in [0.15, 0.2) is 0 Å². The molecule has 1 aliphatic rings. The predicted octanol–water partition coefficient (Wildman–Crippen LogP) is 2.18. The SMILES string of the molecule is CNC(C)Cc1csc(CC2CCCN(C)C2)n1. The van der Waals surface area contributed by atoms with Gasteiger partial charge in [0.25, 0.3) is 0 Å². The summed E-state index contributed by atoms with van der Waals surface area (Å²) in [4.78, 5) is 7.23. The van der Waals surface area contributed by atoms with Gasteiger partial charge >= 0.3 is 0 Å². The zero-order valence-electron chi connectivity index (χ0n) is 11.8. The molecule has 2 unspecified atom stereocenters. The van der Waals surface area contributed by atoms with Crippen LogP contribution in [0.3, 0.4) is 0 Å². The normalized spacial score (nSPS) is 23.2. The highest BCUT2D eigenvalue weighted by Crippen LogP contribution is 2.22. The maximum absolute atomic E-state index is 4.78. The summed E-state index contributed by atoms with van der Waals surface area (Å²) in [5.41, 5.74) is 1.25. The van der Waals surface area contributed by atoms with Gasteiger partial charge in [-0.1, -0.05) is 0 Å². The number of thiazole rings is 1. The number of hydrogen-bond donors (Lipinski definition) is 1. The first-order valence-corrected chi connectivity index (χ1v) is 7.84. The van der Waals surface area contributed by atoms with E-state index < -0.39 is 0 Å². The quantitative estimate of drug-likeness (QED) is 0.886. The Morgan fingerprint density at radius 1 is 1.61 bits per heavy atom. The Kier molecular flexibility index (Phi) is 5.15. The van der Waals surface area contributed by atoms with Crippen molar-refractivity contribution in [3.63, 3.8) is 0 Å². The maximum Gasteiger partial charge on any atom is 0.0931 e. The van der Waals surface area contributed by atoms with Gasteiger partial charge in [0, 0.05) is 30.8 Å². The highest BCUT2D eigenvalue weighted by atomic mass is 32.1. The van der Waals surface area contributed by atoms with E-state index in [9.17, 15) is 0 Å². The Morgan fingerprint density at radius 2 is 2.44 bits per heavy atom. The monoisotopic (exact) mass is 267 g/mol. The molecule has 2 atom stereocenters. The minimum Gasteiger partial charge on any atom is -0.317 e. The molecule has 2 heterocycles. The summed E-state index contributed by atoms with van der Waals surface area (Å²) in [6.07, 6.45) is 4.92. The Hall–Kier alpha value is -0.450. The van der Waals surface area contributed by atoms with E-state index >= 15 is 0 Å². The molecule has 4 heteroatoms. The number of likely N-dealkylation sites (tertiary alicyclic amines) is 1. The maximum atomic E-state index is 4.78. The summed E-state index contributed by atoms with van der Waals surface area (Å²) >= 11 is 1.84. The fourth-order valence-corrected chi connectivity index (χ4v) is 3.56. The first-order valence-electron chi connectivity index (χ1n) is 6.96. The lowest BCUT2D eigenvalue weighted by Crippen LogP contribution is -2.32. The molecule has 0 aromatic carbocycles. The van der Waals surface area contributed by atoms with Crippen LogP contribution in [0.1, 0.15) is 30.5 Å². The van der Waals surface area contributed by atoms with Crippen LogP contribution in [-0.2, 0) is 12.8 Å². The zero-order chi connectivity index (χ0) is 13.0. The van der Waals surface area contributed by atoms with Crippen LogP contribution in [0.5, 0.6) is 0 Å². The van der Waals surface area contributed by atoms with Gasteiger partial charge in [-0.05, 0) is 46.3 Å². The summed E-state index contributed by atoms with van der Waals surface area (Å²) < 4.78 is 0. The average Bonchev–Trinajstić information content (AvgIpc) is 2.76. The van der Waals surface area contributed by atoms with E-state index in [1.165, 1.54) is 43.1 Å². The third-order valence-corrected chi connectivity index (χ3v) is 4.71. The second kappa shape index (κ2) is 6.64. The molecule has 2 rings (SSSR count). The zero-order valence-corrected chi connectivity index (χ0v) is 12.6. The van der Waals surface area contributed by atoms with Crippen LogP contribution in [0, 0.1) is 5.92 Å². The lowest BCUT2D eigenvalue weighted by atomic mass is 9.95. The fourth-order valence-electron chi connectivity index (χ4n) is 2.64. The van der Waals surface area contributed by atoms with Crippen molar-refractivity contribution in [3.8, 4) is 0 Å². The van der Waals surface area contributed by atoms with Crippen molar-refractivity contribution < 1.29 is 0 Å². The van der Waals surface area contributed by atoms with Gasteiger partial charge in [-0.25, -0.2) is 4.98 Å². The van der Waals surface area contributed by atoms with Crippen molar-refractivity contribution in [1.82, 2.24) is 15.2 Å².